The first-order chi connectivity index (χ1) is 9.31. The van der Waals surface area contributed by atoms with Gasteiger partial charge in [0.15, 0.2) is 5.96 Å². The van der Waals surface area contributed by atoms with Gasteiger partial charge in [0.2, 0.25) is 0 Å². The van der Waals surface area contributed by atoms with Gasteiger partial charge in [-0.2, -0.15) is 5.10 Å². The Balaban J connectivity index is 1.65. The van der Waals surface area contributed by atoms with E-state index in [1.807, 2.05) is 6.07 Å². The number of hydrogen-bond acceptors (Lipinski definition) is 2. The Labute approximate surface area is 114 Å². The Morgan fingerprint density at radius 2 is 2.42 bits per heavy atom. The SMILES string of the molecule is CCNC(=NCc1ccn[nH]1)N1CCC2(CCC2)C1. The first-order valence-electron chi connectivity index (χ1n) is 7.33. The lowest BCUT2D eigenvalue weighted by atomic mass is 9.68. The highest BCUT2D eigenvalue weighted by Crippen LogP contribution is 2.47. The molecule has 0 radical (unpaired) electrons. The van der Waals surface area contributed by atoms with Crippen molar-refractivity contribution in [2.24, 2.45) is 10.4 Å². The number of nitrogens with zero attached hydrogens (tertiary/aromatic N) is 3. The molecule has 1 aromatic rings. The molecule has 3 rings (SSSR count). The number of rotatable bonds is 3. The highest BCUT2D eigenvalue weighted by atomic mass is 15.3. The van der Waals surface area contributed by atoms with Crippen LogP contribution in [0.2, 0.25) is 0 Å². The Bertz CT molecular complexity index is 433. The summed E-state index contributed by atoms with van der Waals surface area (Å²) in [7, 11) is 0. The summed E-state index contributed by atoms with van der Waals surface area (Å²) >= 11 is 0. The summed E-state index contributed by atoms with van der Waals surface area (Å²) < 4.78 is 0. The van der Waals surface area contributed by atoms with Crippen molar-refractivity contribution in [2.75, 3.05) is 19.6 Å². The molecule has 0 bridgehead atoms. The fraction of sp³-hybridized carbons (Fsp3) is 0.714. The van der Waals surface area contributed by atoms with Gasteiger partial charge < -0.3 is 10.2 Å². The van der Waals surface area contributed by atoms with Crippen LogP contribution in [0.25, 0.3) is 0 Å². The van der Waals surface area contributed by atoms with Crippen LogP contribution in [0.5, 0.6) is 0 Å². The molecular formula is C14H23N5. The van der Waals surface area contributed by atoms with E-state index in [0.717, 1.165) is 24.7 Å². The zero-order chi connectivity index (χ0) is 13.1. The number of aromatic amines is 1. The van der Waals surface area contributed by atoms with Crippen LogP contribution in [0.4, 0.5) is 0 Å². The minimum atomic E-state index is 0.615. The van der Waals surface area contributed by atoms with Crippen molar-refractivity contribution < 1.29 is 0 Å². The van der Waals surface area contributed by atoms with Crippen LogP contribution < -0.4 is 5.32 Å². The zero-order valence-electron chi connectivity index (χ0n) is 11.7. The molecule has 2 heterocycles. The molecule has 1 saturated carbocycles. The minimum Gasteiger partial charge on any atom is -0.357 e. The number of aliphatic imine (C=N–C) groups is 1. The highest BCUT2D eigenvalue weighted by Gasteiger charge is 2.43. The fourth-order valence-corrected chi connectivity index (χ4v) is 3.16. The van der Waals surface area contributed by atoms with E-state index in [0.29, 0.717) is 12.0 Å². The van der Waals surface area contributed by atoms with Gasteiger partial charge in [0.05, 0.1) is 12.2 Å². The van der Waals surface area contributed by atoms with E-state index in [1.165, 1.54) is 32.2 Å². The van der Waals surface area contributed by atoms with Crippen molar-refractivity contribution >= 4 is 5.96 Å². The molecule has 1 aromatic heterocycles. The monoisotopic (exact) mass is 261 g/mol. The molecule has 0 atom stereocenters. The molecule has 5 nitrogen and oxygen atoms in total. The van der Waals surface area contributed by atoms with Crippen LogP contribution >= 0.6 is 0 Å². The van der Waals surface area contributed by atoms with E-state index in [-0.39, 0.29) is 0 Å². The van der Waals surface area contributed by atoms with Gasteiger partial charge in [-0.05, 0) is 37.7 Å². The number of hydrogen-bond donors (Lipinski definition) is 2. The molecule has 1 spiro atoms. The molecule has 5 heteroatoms. The van der Waals surface area contributed by atoms with E-state index < -0.39 is 0 Å². The average Bonchev–Trinajstić information content (AvgIpc) is 3.02. The topological polar surface area (TPSA) is 56.3 Å². The van der Waals surface area contributed by atoms with Crippen LogP contribution in [0, 0.1) is 5.41 Å². The first-order valence-corrected chi connectivity index (χ1v) is 7.33. The molecular weight excluding hydrogens is 238 g/mol. The van der Waals surface area contributed by atoms with Crippen molar-refractivity contribution in [3.63, 3.8) is 0 Å². The Hall–Kier alpha value is -1.52. The maximum atomic E-state index is 4.72. The predicted octanol–water partition coefficient (Wildman–Crippen LogP) is 1.75. The van der Waals surface area contributed by atoms with Crippen LogP contribution in [0.15, 0.2) is 17.3 Å². The molecule has 1 aliphatic carbocycles. The summed E-state index contributed by atoms with van der Waals surface area (Å²) in [5.74, 6) is 1.06. The zero-order valence-corrected chi connectivity index (χ0v) is 11.7. The predicted molar refractivity (Wildman–Crippen MR) is 75.9 cm³/mol. The van der Waals surface area contributed by atoms with Crippen molar-refractivity contribution in [3.05, 3.63) is 18.0 Å². The first kappa shape index (κ1) is 12.5. The van der Waals surface area contributed by atoms with Gasteiger partial charge in [-0.1, -0.05) is 6.42 Å². The van der Waals surface area contributed by atoms with Crippen molar-refractivity contribution in [1.82, 2.24) is 20.4 Å². The van der Waals surface area contributed by atoms with Crippen molar-refractivity contribution in [1.29, 1.82) is 0 Å². The summed E-state index contributed by atoms with van der Waals surface area (Å²) in [6.45, 7) is 6.05. The Morgan fingerprint density at radius 1 is 1.53 bits per heavy atom. The number of likely N-dealkylation sites (tertiary alicyclic amines) is 1. The van der Waals surface area contributed by atoms with Crippen LogP contribution in [0.1, 0.15) is 38.3 Å². The van der Waals surface area contributed by atoms with Crippen LogP contribution in [-0.2, 0) is 6.54 Å². The maximum absolute atomic E-state index is 4.72. The van der Waals surface area contributed by atoms with E-state index in [9.17, 15) is 0 Å². The summed E-state index contributed by atoms with van der Waals surface area (Å²) in [4.78, 5) is 7.15. The standard InChI is InChI=1S/C14H23N5/c1-2-15-13(16-10-12-4-8-17-18-12)19-9-7-14(11-19)5-3-6-14/h4,8H,2-3,5-7,9-11H2,1H3,(H,15,16)(H,17,18). The number of aromatic nitrogens is 2. The smallest absolute Gasteiger partial charge is 0.194 e. The molecule has 1 aliphatic heterocycles. The number of nitrogens with one attached hydrogen (secondary N) is 2. The van der Waals surface area contributed by atoms with E-state index in [2.05, 4.69) is 27.3 Å². The second kappa shape index (κ2) is 5.23. The van der Waals surface area contributed by atoms with Gasteiger partial charge in [-0.15, -0.1) is 0 Å². The van der Waals surface area contributed by atoms with Gasteiger partial charge in [-0.25, -0.2) is 4.99 Å². The molecule has 1 saturated heterocycles. The van der Waals surface area contributed by atoms with Gasteiger partial charge >= 0.3 is 0 Å². The summed E-state index contributed by atoms with van der Waals surface area (Å²) in [6.07, 6.45) is 7.33. The second-order valence-corrected chi connectivity index (χ2v) is 5.78. The lowest BCUT2D eigenvalue weighted by Crippen LogP contribution is -2.42. The highest BCUT2D eigenvalue weighted by molar-refractivity contribution is 5.80. The molecule has 2 fully saturated rings. The summed E-state index contributed by atoms with van der Waals surface area (Å²) in [6, 6.07) is 1.98. The summed E-state index contributed by atoms with van der Waals surface area (Å²) in [5, 5.41) is 10.3. The lowest BCUT2D eigenvalue weighted by Gasteiger charge is -2.38. The third-order valence-corrected chi connectivity index (χ3v) is 4.44. The Morgan fingerprint density at radius 3 is 3.00 bits per heavy atom. The van der Waals surface area contributed by atoms with Crippen LogP contribution in [0.3, 0.4) is 0 Å². The number of guanidine groups is 1. The van der Waals surface area contributed by atoms with Crippen molar-refractivity contribution in [3.8, 4) is 0 Å². The fourth-order valence-electron chi connectivity index (χ4n) is 3.16. The third-order valence-electron chi connectivity index (χ3n) is 4.44. The van der Waals surface area contributed by atoms with Crippen molar-refractivity contribution in [2.45, 2.75) is 39.2 Å². The molecule has 0 amide bonds. The van der Waals surface area contributed by atoms with Gasteiger partial charge in [0.25, 0.3) is 0 Å². The summed E-state index contributed by atoms with van der Waals surface area (Å²) in [5.41, 5.74) is 1.68. The van der Waals surface area contributed by atoms with E-state index in [1.54, 1.807) is 6.20 Å². The molecule has 19 heavy (non-hydrogen) atoms. The molecule has 2 N–H and O–H groups in total. The van der Waals surface area contributed by atoms with Gasteiger partial charge in [-0.3, -0.25) is 5.10 Å². The number of H-pyrrole nitrogens is 1. The molecule has 2 aliphatic rings. The normalized spacial score (nSPS) is 21.7. The maximum Gasteiger partial charge on any atom is 0.194 e. The van der Waals surface area contributed by atoms with Gasteiger partial charge in [0, 0.05) is 25.8 Å². The molecule has 0 aromatic carbocycles. The van der Waals surface area contributed by atoms with E-state index in [4.69, 9.17) is 4.99 Å². The van der Waals surface area contributed by atoms with Gasteiger partial charge in [0.1, 0.15) is 0 Å². The molecule has 104 valence electrons. The largest absolute Gasteiger partial charge is 0.357 e. The lowest BCUT2D eigenvalue weighted by molar-refractivity contribution is 0.151. The van der Waals surface area contributed by atoms with E-state index >= 15 is 0 Å². The second-order valence-electron chi connectivity index (χ2n) is 5.78. The van der Waals surface area contributed by atoms with Crippen LogP contribution in [-0.4, -0.2) is 40.7 Å². The minimum absolute atomic E-state index is 0.615. The third kappa shape index (κ3) is 2.60. The average molecular weight is 261 g/mol. The molecule has 0 unspecified atom stereocenters. The quantitative estimate of drug-likeness (QED) is 0.644. The Kier molecular flexibility index (Phi) is 3.44.